The highest BCUT2D eigenvalue weighted by molar-refractivity contribution is 4.84. The van der Waals surface area contributed by atoms with Gasteiger partial charge in [0.25, 0.3) is 0 Å². The lowest BCUT2D eigenvalue weighted by molar-refractivity contribution is -0.900. The van der Waals surface area contributed by atoms with Gasteiger partial charge in [0.15, 0.2) is 6.17 Å². The molecule has 0 fully saturated rings. The van der Waals surface area contributed by atoms with Crippen molar-refractivity contribution in [3.8, 4) is 0 Å². The van der Waals surface area contributed by atoms with E-state index in [1.807, 2.05) is 0 Å². The second-order valence-corrected chi connectivity index (χ2v) is 9.30. The van der Waals surface area contributed by atoms with Crippen LogP contribution in [0.3, 0.4) is 0 Å². The van der Waals surface area contributed by atoms with Crippen molar-refractivity contribution in [2.75, 3.05) is 19.7 Å². The summed E-state index contributed by atoms with van der Waals surface area (Å²) in [6, 6.07) is 0. The van der Waals surface area contributed by atoms with Crippen LogP contribution in [0.2, 0.25) is 0 Å². The SMILES string of the molecule is CCCCCCCCCCC/C=C/CCCCCCCC1NC=C[N+]1(CC)CCO. The van der Waals surface area contributed by atoms with Gasteiger partial charge in [-0.05, 0) is 39.0 Å². The Kier molecular flexibility index (Phi) is 17.2. The summed E-state index contributed by atoms with van der Waals surface area (Å²) >= 11 is 0. The van der Waals surface area contributed by atoms with Gasteiger partial charge in [-0.3, -0.25) is 4.48 Å². The standard InChI is InChI=1S/C27H53N2O/c1-3-5-6-7-8-9-10-11-12-13-14-15-16-17-18-19-20-21-22-27-28-23-24-29(27,4-2)25-26-30/h14-15,23-24,27-28,30H,3-13,16-22,25-26H2,1-2H3/q+1/b15-14+. The van der Waals surface area contributed by atoms with Gasteiger partial charge in [0, 0.05) is 6.42 Å². The Labute approximate surface area is 188 Å². The zero-order chi connectivity index (χ0) is 21.8. The van der Waals surface area contributed by atoms with Crippen LogP contribution < -0.4 is 5.32 Å². The van der Waals surface area contributed by atoms with Gasteiger partial charge in [0.2, 0.25) is 0 Å². The van der Waals surface area contributed by atoms with Gasteiger partial charge >= 0.3 is 0 Å². The van der Waals surface area contributed by atoms with Gasteiger partial charge in [-0.1, -0.05) is 89.7 Å². The normalized spacial score (nSPS) is 21.0. The van der Waals surface area contributed by atoms with Crippen LogP contribution in [-0.2, 0) is 0 Å². The fourth-order valence-electron chi connectivity index (χ4n) is 4.73. The molecule has 30 heavy (non-hydrogen) atoms. The zero-order valence-electron chi connectivity index (χ0n) is 20.4. The van der Waals surface area contributed by atoms with Crippen LogP contribution in [0, 0.1) is 0 Å². The average molecular weight is 422 g/mol. The highest BCUT2D eigenvalue weighted by Crippen LogP contribution is 2.22. The fraction of sp³-hybridized carbons (Fsp3) is 0.852. The third-order valence-corrected chi connectivity index (χ3v) is 6.88. The number of allylic oxidation sites excluding steroid dienone is 2. The molecule has 0 aromatic rings. The predicted octanol–water partition coefficient (Wildman–Crippen LogP) is 7.42. The van der Waals surface area contributed by atoms with Crippen molar-refractivity contribution >= 4 is 0 Å². The first-order valence-electron chi connectivity index (χ1n) is 13.3. The Morgan fingerprint density at radius 1 is 0.767 bits per heavy atom. The number of aliphatic hydroxyl groups is 1. The number of unbranched alkanes of at least 4 members (excludes halogenated alkanes) is 14. The molecule has 0 aromatic carbocycles. The second-order valence-electron chi connectivity index (χ2n) is 9.30. The van der Waals surface area contributed by atoms with Gasteiger partial charge in [0.05, 0.1) is 19.4 Å². The van der Waals surface area contributed by atoms with E-state index in [0.29, 0.717) is 6.17 Å². The third kappa shape index (κ3) is 12.2. The maximum atomic E-state index is 9.39. The van der Waals surface area contributed by atoms with E-state index >= 15 is 0 Å². The minimum atomic E-state index is 0.267. The summed E-state index contributed by atoms with van der Waals surface area (Å²) in [7, 11) is 0. The molecule has 2 unspecified atom stereocenters. The van der Waals surface area contributed by atoms with E-state index in [2.05, 4.69) is 43.7 Å². The molecule has 0 amide bonds. The van der Waals surface area contributed by atoms with Crippen molar-refractivity contribution in [1.29, 1.82) is 0 Å². The number of aliphatic hydroxyl groups excluding tert-OH is 1. The molecule has 1 rings (SSSR count). The van der Waals surface area contributed by atoms with Crippen LogP contribution in [0.1, 0.15) is 123 Å². The van der Waals surface area contributed by atoms with Crippen LogP contribution >= 0.6 is 0 Å². The van der Waals surface area contributed by atoms with Gasteiger partial charge in [-0.25, -0.2) is 0 Å². The van der Waals surface area contributed by atoms with Crippen LogP contribution in [0.25, 0.3) is 0 Å². The van der Waals surface area contributed by atoms with Gasteiger partial charge in [-0.2, -0.15) is 0 Å². The highest BCUT2D eigenvalue weighted by atomic mass is 16.3. The van der Waals surface area contributed by atoms with Crippen molar-refractivity contribution < 1.29 is 9.59 Å². The quantitative estimate of drug-likeness (QED) is 0.115. The molecule has 0 aliphatic carbocycles. The van der Waals surface area contributed by atoms with Crippen molar-refractivity contribution in [3.63, 3.8) is 0 Å². The van der Waals surface area contributed by atoms with Crippen LogP contribution in [-0.4, -0.2) is 35.5 Å². The van der Waals surface area contributed by atoms with E-state index in [4.69, 9.17) is 0 Å². The molecular weight excluding hydrogens is 368 g/mol. The summed E-state index contributed by atoms with van der Waals surface area (Å²) in [5.41, 5.74) is 0. The fourth-order valence-corrected chi connectivity index (χ4v) is 4.73. The molecule has 0 saturated carbocycles. The molecular formula is C27H53N2O+. The summed E-state index contributed by atoms with van der Waals surface area (Å²) in [5.74, 6) is 0. The molecule has 3 heteroatoms. The van der Waals surface area contributed by atoms with Crippen LogP contribution in [0.4, 0.5) is 0 Å². The first-order valence-corrected chi connectivity index (χ1v) is 13.3. The second kappa shape index (κ2) is 18.9. The van der Waals surface area contributed by atoms with E-state index in [0.717, 1.165) is 17.6 Å². The lowest BCUT2D eigenvalue weighted by Crippen LogP contribution is -2.54. The Bertz CT molecular complexity index is 435. The molecule has 0 saturated heterocycles. The molecule has 0 aromatic heterocycles. The van der Waals surface area contributed by atoms with Crippen LogP contribution in [0.5, 0.6) is 0 Å². The van der Waals surface area contributed by atoms with Crippen LogP contribution in [0.15, 0.2) is 24.6 Å². The number of quaternary nitrogens is 1. The van der Waals surface area contributed by atoms with E-state index in [1.165, 1.54) is 109 Å². The maximum absolute atomic E-state index is 9.39. The Hall–Kier alpha value is -0.800. The van der Waals surface area contributed by atoms with E-state index < -0.39 is 0 Å². The van der Waals surface area contributed by atoms with Gasteiger partial charge in [-0.15, -0.1) is 0 Å². The summed E-state index contributed by atoms with van der Waals surface area (Å²) in [4.78, 5) is 0. The molecule has 3 nitrogen and oxygen atoms in total. The smallest absolute Gasteiger partial charge is 0.166 e. The minimum absolute atomic E-state index is 0.267. The number of hydrogen-bond acceptors (Lipinski definition) is 2. The van der Waals surface area contributed by atoms with Crippen molar-refractivity contribution in [1.82, 2.24) is 5.32 Å². The highest BCUT2D eigenvalue weighted by Gasteiger charge is 2.35. The number of nitrogens with one attached hydrogen (secondary N) is 1. The predicted molar refractivity (Wildman–Crippen MR) is 132 cm³/mol. The van der Waals surface area contributed by atoms with E-state index in [-0.39, 0.29) is 6.61 Å². The number of likely N-dealkylation sites (N-methyl/N-ethyl adjacent to an activating group) is 1. The lowest BCUT2D eigenvalue weighted by Gasteiger charge is -2.36. The Morgan fingerprint density at radius 2 is 1.30 bits per heavy atom. The largest absolute Gasteiger partial charge is 0.390 e. The average Bonchev–Trinajstić information content (AvgIpc) is 3.16. The molecule has 2 atom stereocenters. The van der Waals surface area contributed by atoms with E-state index in [9.17, 15) is 5.11 Å². The zero-order valence-corrected chi connectivity index (χ0v) is 20.4. The molecule has 2 N–H and O–H groups in total. The molecule has 1 heterocycles. The molecule has 176 valence electrons. The number of hydrogen-bond donors (Lipinski definition) is 2. The number of nitrogens with zero attached hydrogens (tertiary/aromatic N) is 1. The topological polar surface area (TPSA) is 32.3 Å². The molecule has 1 aliphatic rings. The monoisotopic (exact) mass is 421 g/mol. The third-order valence-electron chi connectivity index (χ3n) is 6.88. The lowest BCUT2D eigenvalue weighted by atomic mass is 10.1. The Morgan fingerprint density at radius 3 is 1.83 bits per heavy atom. The number of rotatable bonds is 21. The Balaban J connectivity index is 1.86. The molecule has 0 spiro atoms. The van der Waals surface area contributed by atoms with Crippen molar-refractivity contribution in [3.05, 3.63) is 24.6 Å². The first kappa shape index (κ1) is 27.2. The van der Waals surface area contributed by atoms with Crippen molar-refractivity contribution in [2.45, 2.75) is 129 Å². The summed E-state index contributed by atoms with van der Waals surface area (Å²) in [5, 5.41) is 12.9. The minimum Gasteiger partial charge on any atom is -0.390 e. The summed E-state index contributed by atoms with van der Waals surface area (Å²) in [6.45, 7) is 6.67. The van der Waals surface area contributed by atoms with Crippen molar-refractivity contribution in [2.24, 2.45) is 0 Å². The summed E-state index contributed by atoms with van der Waals surface area (Å²) < 4.78 is 0.903. The maximum Gasteiger partial charge on any atom is 0.166 e. The van der Waals surface area contributed by atoms with Gasteiger partial charge < -0.3 is 10.4 Å². The van der Waals surface area contributed by atoms with E-state index in [1.54, 1.807) is 0 Å². The first-order chi connectivity index (χ1) is 14.8. The molecule has 1 aliphatic heterocycles. The molecule has 0 radical (unpaired) electrons. The summed E-state index contributed by atoms with van der Waals surface area (Å²) in [6.07, 6.45) is 32.9. The van der Waals surface area contributed by atoms with Gasteiger partial charge in [0.1, 0.15) is 12.7 Å². The molecule has 0 bridgehead atoms.